The SMILES string of the molecule is CC1(C)CCCC1(O)Cc1ccc(F)c(Cl)c1. The van der Waals surface area contributed by atoms with Crippen molar-refractivity contribution in [2.24, 2.45) is 5.41 Å². The first kappa shape index (κ1) is 12.8. The van der Waals surface area contributed by atoms with Crippen molar-refractivity contribution in [3.63, 3.8) is 0 Å². The van der Waals surface area contributed by atoms with Crippen LogP contribution in [0, 0.1) is 11.2 Å². The van der Waals surface area contributed by atoms with Crippen LogP contribution in [0.2, 0.25) is 5.02 Å². The van der Waals surface area contributed by atoms with Gasteiger partial charge in [0.15, 0.2) is 0 Å². The molecule has 1 aromatic carbocycles. The fourth-order valence-corrected chi connectivity index (χ4v) is 2.91. The first-order chi connectivity index (χ1) is 7.84. The maximum Gasteiger partial charge on any atom is 0.141 e. The molecule has 94 valence electrons. The van der Waals surface area contributed by atoms with Gasteiger partial charge in [0.05, 0.1) is 10.6 Å². The summed E-state index contributed by atoms with van der Waals surface area (Å²) in [7, 11) is 0. The Labute approximate surface area is 107 Å². The first-order valence-electron chi connectivity index (χ1n) is 6.00. The molecule has 1 N–H and O–H groups in total. The number of halogens is 2. The van der Waals surface area contributed by atoms with Crippen LogP contribution in [0.3, 0.4) is 0 Å². The summed E-state index contributed by atoms with van der Waals surface area (Å²) in [6.07, 6.45) is 3.41. The number of hydrogen-bond donors (Lipinski definition) is 1. The molecule has 0 aromatic heterocycles. The summed E-state index contributed by atoms with van der Waals surface area (Å²) in [4.78, 5) is 0. The topological polar surface area (TPSA) is 20.2 Å². The maximum atomic E-state index is 13.1. The van der Waals surface area contributed by atoms with Crippen molar-refractivity contribution < 1.29 is 9.50 Å². The summed E-state index contributed by atoms with van der Waals surface area (Å²) in [5.41, 5.74) is 0.107. The lowest BCUT2D eigenvalue weighted by Gasteiger charge is -2.37. The Morgan fingerprint density at radius 1 is 1.35 bits per heavy atom. The van der Waals surface area contributed by atoms with Gasteiger partial charge in [0.25, 0.3) is 0 Å². The summed E-state index contributed by atoms with van der Waals surface area (Å²) in [5.74, 6) is -0.409. The van der Waals surface area contributed by atoms with E-state index in [1.165, 1.54) is 6.07 Å². The third-order valence-corrected chi connectivity index (χ3v) is 4.42. The van der Waals surface area contributed by atoms with Crippen molar-refractivity contribution in [2.75, 3.05) is 0 Å². The molecule has 0 radical (unpaired) electrons. The minimum atomic E-state index is -0.700. The molecule has 0 spiro atoms. The number of benzene rings is 1. The van der Waals surface area contributed by atoms with Crippen LogP contribution in [-0.4, -0.2) is 10.7 Å². The Balaban J connectivity index is 2.23. The van der Waals surface area contributed by atoms with Crippen LogP contribution in [0.5, 0.6) is 0 Å². The van der Waals surface area contributed by atoms with Gasteiger partial charge in [0, 0.05) is 6.42 Å². The molecule has 0 saturated heterocycles. The van der Waals surface area contributed by atoms with Crippen LogP contribution in [0.1, 0.15) is 38.7 Å². The van der Waals surface area contributed by atoms with Crippen molar-refractivity contribution in [3.8, 4) is 0 Å². The maximum absolute atomic E-state index is 13.1. The van der Waals surface area contributed by atoms with Gasteiger partial charge in [0.1, 0.15) is 5.82 Å². The van der Waals surface area contributed by atoms with Gasteiger partial charge in [-0.3, -0.25) is 0 Å². The lowest BCUT2D eigenvalue weighted by atomic mass is 9.74. The highest BCUT2D eigenvalue weighted by Crippen LogP contribution is 2.47. The lowest BCUT2D eigenvalue weighted by molar-refractivity contribution is -0.0419. The molecule has 2 rings (SSSR count). The van der Waals surface area contributed by atoms with E-state index in [0.717, 1.165) is 24.8 Å². The average molecular weight is 257 g/mol. The third-order valence-electron chi connectivity index (χ3n) is 4.13. The third kappa shape index (κ3) is 2.34. The monoisotopic (exact) mass is 256 g/mol. The van der Waals surface area contributed by atoms with Gasteiger partial charge in [-0.05, 0) is 42.4 Å². The molecule has 0 amide bonds. The van der Waals surface area contributed by atoms with Crippen molar-refractivity contribution in [3.05, 3.63) is 34.6 Å². The lowest BCUT2D eigenvalue weighted by Crippen LogP contribution is -2.41. The Kier molecular flexibility index (Phi) is 3.21. The van der Waals surface area contributed by atoms with Gasteiger partial charge in [-0.1, -0.05) is 31.5 Å². The van der Waals surface area contributed by atoms with Gasteiger partial charge < -0.3 is 5.11 Å². The standard InChI is InChI=1S/C14H18ClFO/c1-13(2)6-3-7-14(13,17)9-10-4-5-12(16)11(15)8-10/h4-5,8,17H,3,6-7,9H2,1-2H3. The fourth-order valence-electron chi connectivity index (χ4n) is 2.71. The van der Waals surface area contributed by atoms with Crippen LogP contribution in [0.15, 0.2) is 18.2 Å². The molecular weight excluding hydrogens is 239 g/mol. The predicted octanol–water partition coefficient (Wildman–Crippen LogP) is 3.96. The molecule has 0 bridgehead atoms. The van der Waals surface area contributed by atoms with E-state index in [1.54, 1.807) is 12.1 Å². The molecule has 1 aromatic rings. The van der Waals surface area contributed by atoms with E-state index in [2.05, 4.69) is 13.8 Å². The van der Waals surface area contributed by atoms with E-state index < -0.39 is 11.4 Å². The quantitative estimate of drug-likeness (QED) is 0.849. The Hall–Kier alpha value is -0.600. The van der Waals surface area contributed by atoms with Crippen LogP contribution in [0.4, 0.5) is 4.39 Å². The van der Waals surface area contributed by atoms with E-state index in [4.69, 9.17) is 11.6 Å². The van der Waals surface area contributed by atoms with Gasteiger partial charge >= 0.3 is 0 Å². The molecule has 1 atom stereocenters. The van der Waals surface area contributed by atoms with Gasteiger partial charge in [0.2, 0.25) is 0 Å². The Bertz CT molecular complexity index is 430. The van der Waals surface area contributed by atoms with Crippen LogP contribution < -0.4 is 0 Å². The molecular formula is C14H18ClFO. The molecule has 1 aliphatic rings. The second kappa shape index (κ2) is 4.25. The van der Waals surface area contributed by atoms with E-state index in [-0.39, 0.29) is 10.4 Å². The summed E-state index contributed by atoms with van der Waals surface area (Å²) >= 11 is 5.76. The summed E-state index contributed by atoms with van der Waals surface area (Å²) < 4.78 is 13.1. The zero-order valence-corrected chi connectivity index (χ0v) is 11.0. The molecule has 1 aliphatic carbocycles. The zero-order chi connectivity index (χ0) is 12.7. The minimum Gasteiger partial charge on any atom is -0.389 e. The van der Waals surface area contributed by atoms with Crippen LogP contribution >= 0.6 is 11.6 Å². The molecule has 1 nitrogen and oxygen atoms in total. The van der Waals surface area contributed by atoms with Gasteiger partial charge in [-0.25, -0.2) is 4.39 Å². The van der Waals surface area contributed by atoms with Crippen LogP contribution in [0.25, 0.3) is 0 Å². The van der Waals surface area contributed by atoms with E-state index in [1.807, 2.05) is 0 Å². The molecule has 1 fully saturated rings. The van der Waals surface area contributed by atoms with Crippen LogP contribution in [-0.2, 0) is 6.42 Å². The fraction of sp³-hybridized carbons (Fsp3) is 0.571. The van der Waals surface area contributed by atoms with E-state index >= 15 is 0 Å². The highest BCUT2D eigenvalue weighted by atomic mass is 35.5. The Morgan fingerprint density at radius 3 is 2.59 bits per heavy atom. The zero-order valence-electron chi connectivity index (χ0n) is 10.3. The molecule has 1 unspecified atom stereocenters. The minimum absolute atomic E-state index is 0.0894. The van der Waals surface area contributed by atoms with Crippen molar-refractivity contribution in [2.45, 2.75) is 45.1 Å². The Morgan fingerprint density at radius 2 is 2.06 bits per heavy atom. The van der Waals surface area contributed by atoms with Crippen molar-refractivity contribution >= 4 is 11.6 Å². The second-order valence-corrected chi connectivity index (χ2v) is 6.10. The van der Waals surface area contributed by atoms with Gasteiger partial charge in [-0.15, -0.1) is 0 Å². The second-order valence-electron chi connectivity index (χ2n) is 5.69. The highest BCUT2D eigenvalue weighted by molar-refractivity contribution is 6.30. The van der Waals surface area contributed by atoms with E-state index in [9.17, 15) is 9.50 Å². The summed E-state index contributed by atoms with van der Waals surface area (Å²) in [6, 6.07) is 4.68. The molecule has 0 aliphatic heterocycles. The predicted molar refractivity (Wildman–Crippen MR) is 67.7 cm³/mol. The number of aliphatic hydroxyl groups is 1. The highest BCUT2D eigenvalue weighted by Gasteiger charge is 2.47. The van der Waals surface area contributed by atoms with Gasteiger partial charge in [-0.2, -0.15) is 0 Å². The normalized spacial score (nSPS) is 27.4. The van der Waals surface area contributed by atoms with Crippen molar-refractivity contribution in [1.82, 2.24) is 0 Å². The average Bonchev–Trinajstić information content (AvgIpc) is 2.47. The van der Waals surface area contributed by atoms with Crippen molar-refractivity contribution in [1.29, 1.82) is 0 Å². The summed E-state index contributed by atoms with van der Waals surface area (Å²) in [5, 5.41) is 10.8. The molecule has 3 heteroatoms. The summed E-state index contributed by atoms with van der Waals surface area (Å²) in [6.45, 7) is 4.18. The smallest absolute Gasteiger partial charge is 0.141 e. The number of hydrogen-bond acceptors (Lipinski definition) is 1. The molecule has 1 saturated carbocycles. The van der Waals surface area contributed by atoms with E-state index in [0.29, 0.717) is 6.42 Å². The molecule has 0 heterocycles. The number of rotatable bonds is 2. The molecule has 17 heavy (non-hydrogen) atoms. The largest absolute Gasteiger partial charge is 0.389 e. The first-order valence-corrected chi connectivity index (χ1v) is 6.38.